The number of aryl methyl sites for hydroxylation is 1. The topological polar surface area (TPSA) is 39.4 Å². The Kier molecular flexibility index (Phi) is 4.61. The first kappa shape index (κ1) is 13.7. The van der Waals surface area contributed by atoms with Gasteiger partial charge in [0.1, 0.15) is 5.58 Å². The molecule has 19 heavy (non-hydrogen) atoms. The molecule has 0 fully saturated rings. The molecule has 0 aliphatic carbocycles. The summed E-state index contributed by atoms with van der Waals surface area (Å²) in [5.41, 5.74) is 1.73. The van der Waals surface area contributed by atoms with Gasteiger partial charge in [-0.3, -0.25) is 4.79 Å². The van der Waals surface area contributed by atoms with E-state index in [1.165, 1.54) is 11.6 Å². The smallest absolute Gasteiger partial charge is 0.288 e. The maximum atomic E-state index is 12.0. The van der Waals surface area contributed by atoms with Crippen LogP contribution in [-0.4, -0.2) is 6.61 Å². The van der Waals surface area contributed by atoms with E-state index in [4.69, 9.17) is 9.15 Å². The van der Waals surface area contributed by atoms with Gasteiger partial charge in [0.25, 0.3) is 5.95 Å². The lowest BCUT2D eigenvalue weighted by atomic mass is 10.1. The SMILES string of the molecule is CCCCOc1cc(=O)c2cc(CCC)ccc2o1. The molecule has 0 spiro atoms. The number of benzene rings is 1. The molecule has 0 N–H and O–H groups in total. The van der Waals surface area contributed by atoms with E-state index in [2.05, 4.69) is 13.8 Å². The molecule has 3 heteroatoms. The molecular weight excluding hydrogens is 240 g/mol. The van der Waals surface area contributed by atoms with Crippen molar-refractivity contribution in [3.05, 3.63) is 40.1 Å². The van der Waals surface area contributed by atoms with Gasteiger partial charge in [-0.05, 0) is 30.5 Å². The van der Waals surface area contributed by atoms with E-state index in [-0.39, 0.29) is 5.43 Å². The zero-order valence-corrected chi connectivity index (χ0v) is 11.6. The first-order valence-corrected chi connectivity index (χ1v) is 6.94. The molecule has 0 saturated heterocycles. The quantitative estimate of drug-likeness (QED) is 0.739. The summed E-state index contributed by atoms with van der Waals surface area (Å²) in [7, 11) is 0. The van der Waals surface area contributed by atoms with Crippen LogP contribution in [0.15, 0.2) is 33.5 Å². The number of ether oxygens (including phenoxy) is 1. The van der Waals surface area contributed by atoms with Crippen LogP contribution in [0.3, 0.4) is 0 Å². The lowest BCUT2D eigenvalue weighted by molar-refractivity contribution is 0.241. The zero-order chi connectivity index (χ0) is 13.7. The van der Waals surface area contributed by atoms with E-state index >= 15 is 0 Å². The average molecular weight is 260 g/mol. The van der Waals surface area contributed by atoms with E-state index in [0.717, 1.165) is 25.7 Å². The summed E-state index contributed by atoms with van der Waals surface area (Å²) in [5, 5.41) is 0.633. The van der Waals surface area contributed by atoms with Crippen molar-refractivity contribution < 1.29 is 9.15 Å². The third-order valence-corrected chi connectivity index (χ3v) is 3.05. The summed E-state index contributed by atoms with van der Waals surface area (Å²) in [5.74, 6) is 0.314. The zero-order valence-electron chi connectivity index (χ0n) is 11.6. The molecule has 0 aliphatic heterocycles. The van der Waals surface area contributed by atoms with Gasteiger partial charge in [-0.2, -0.15) is 0 Å². The predicted molar refractivity (Wildman–Crippen MR) is 76.9 cm³/mol. The highest BCUT2D eigenvalue weighted by atomic mass is 16.6. The average Bonchev–Trinajstić information content (AvgIpc) is 2.40. The molecule has 0 atom stereocenters. The maximum Gasteiger partial charge on any atom is 0.288 e. The first-order chi connectivity index (χ1) is 9.24. The molecular formula is C16H20O3. The van der Waals surface area contributed by atoms with E-state index in [1.807, 2.05) is 18.2 Å². The van der Waals surface area contributed by atoms with Crippen LogP contribution in [0.5, 0.6) is 5.95 Å². The van der Waals surface area contributed by atoms with Gasteiger partial charge in [0.2, 0.25) is 0 Å². The van der Waals surface area contributed by atoms with E-state index in [0.29, 0.717) is 23.5 Å². The second kappa shape index (κ2) is 6.41. The van der Waals surface area contributed by atoms with Crippen LogP contribution in [-0.2, 0) is 6.42 Å². The van der Waals surface area contributed by atoms with Crippen molar-refractivity contribution in [3.8, 4) is 5.95 Å². The van der Waals surface area contributed by atoms with Crippen molar-refractivity contribution in [2.75, 3.05) is 6.61 Å². The third-order valence-electron chi connectivity index (χ3n) is 3.05. The van der Waals surface area contributed by atoms with Gasteiger partial charge in [-0.25, -0.2) is 0 Å². The highest BCUT2D eigenvalue weighted by molar-refractivity contribution is 5.77. The van der Waals surface area contributed by atoms with Crippen LogP contribution in [0.2, 0.25) is 0 Å². The summed E-state index contributed by atoms with van der Waals surface area (Å²) >= 11 is 0. The number of hydrogen-bond donors (Lipinski definition) is 0. The largest absolute Gasteiger partial charge is 0.465 e. The number of hydrogen-bond acceptors (Lipinski definition) is 3. The number of unbranched alkanes of at least 4 members (excludes halogenated alkanes) is 1. The molecule has 0 saturated carbocycles. The van der Waals surface area contributed by atoms with Crippen LogP contribution >= 0.6 is 0 Å². The number of fused-ring (bicyclic) bond motifs is 1. The van der Waals surface area contributed by atoms with Crippen molar-refractivity contribution in [2.24, 2.45) is 0 Å². The Balaban J connectivity index is 2.30. The van der Waals surface area contributed by atoms with E-state index in [9.17, 15) is 4.79 Å². The lowest BCUT2D eigenvalue weighted by Gasteiger charge is -2.06. The van der Waals surface area contributed by atoms with Crippen molar-refractivity contribution >= 4 is 11.0 Å². The van der Waals surface area contributed by atoms with Gasteiger partial charge in [-0.1, -0.05) is 32.8 Å². The van der Waals surface area contributed by atoms with Crippen LogP contribution in [0.4, 0.5) is 0 Å². The van der Waals surface area contributed by atoms with Crippen molar-refractivity contribution in [1.29, 1.82) is 0 Å². The van der Waals surface area contributed by atoms with Crippen LogP contribution in [0.25, 0.3) is 11.0 Å². The van der Waals surface area contributed by atoms with E-state index < -0.39 is 0 Å². The highest BCUT2D eigenvalue weighted by Gasteiger charge is 2.06. The normalized spacial score (nSPS) is 10.8. The number of rotatable bonds is 6. The maximum absolute atomic E-state index is 12.0. The second-order valence-electron chi connectivity index (χ2n) is 4.71. The molecule has 0 radical (unpaired) electrons. The van der Waals surface area contributed by atoms with Gasteiger partial charge in [0.15, 0.2) is 5.43 Å². The Morgan fingerprint density at radius 3 is 2.74 bits per heavy atom. The van der Waals surface area contributed by atoms with Crippen LogP contribution < -0.4 is 10.2 Å². The van der Waals surface area contributed by atoms with Crippen molar-refractivity contribution in [2.45, 2.75) is 39.5 Å². The monoisotopic (exact) mass is 260 g/mol. The first-order valence-electron chi connectivity index (χ1n) is 6.94. The van der Waals surface area contributed by atoms with E-state index in [1.54, 1.807) is 0 Å². The summed E-state index contributed by atoms with van der Waals surface area (Å²) in [6, 6.07) is 7.22. The molecule has 0 aliphatic rings. The fourth-order valence-corrected chi connectivity index (χ4v) is 2.01. The van der Waals surface area contributed by atoms with Gasteiger partial charge < -0.3 is 9.15 Å². The minimum absolute atomic E-state index is 0.0364. The molecule has 0 bridgehead atoms. The minimum Gasteiger partial charge on any atom is -0.465 e. The Morgan fingerprint density at radius 1 is 1.16 bits per heavy atom. The Morgan fingerprint density at radius 2 is 2.00 bits per heavy atom. The van der Waals surface area contributed by atoms with Crippen LogP contribution in [0.1, 0.15) is 38.7 Å². The summed E-state index contributed by atoms with van der Waals surface area (Å²) in [6.07, 6.45) is 4.05. The fourth-order valence-electron chi connectivity index (χ4n) is 2.01. The molecule has 2 aromatic rings. The molecule has 1 heterocycles. The van der Waals surface area contributed by atoms with Gasteiger partial charge in [0, 0.05) is 0 Å². The minimum atomic E-state index is -0.0364. The van der Waals surface area contributed by atoms with Gasteiger partial charge in [0.05, 0.1) is 18.1 Å². The summed E-state index contributed by atoms with van der Waals surface area (Å²) in [4.78, 5) is 12.0. The lowest BCUT2D eigenvalue weighted by Crippen LogP contribution is -2.04. The van der Waals surface area contributed by atoms with Gasteiger partial charge in [-0.15, -0.1) is 0 Å². The summed E-state index contributed by atoms with van der Waals surface area (Å²) in [6.45, 7) is 4.80. The fraction of sp³-hybridized carbons (Fsp3) is 0.438. The Bertz CT molecular complexity index is 598. The molecule has 2 rings (SSSR count). The molecule has 3 nitrogen and oxygen atoms in total. The summed E-state index contributed by atoms with van der Waals surface area (Å²) < 4.78 is 11.0. The highest BCUT2D eigenvalue weighted by Crippen LogP contribution is 2.19. The van der Waals surface area contributed by atoms with Crippen molar-refractivity contribution in [1.82, 2.24) is 0 Å². The third kappa shape index (κ3) is 3.37. The Hall–Kier alpha value is -1.77. The predicted octanol–water partition coefficient (Wildman–Crippen LogP) is 3.92. The molecule has 102 valence electrons. The standard InChI is InChI=1S/C16H20O3/c1-3-5-9-18-16-11-14(17)13-10-12(6-4-2)7-8-15(13)19-16/h7-8,10-11H,3-6,9H2,1-2H3. The van der Waals surface area contributed by atoms with Crippen LogP contribution in [0, 0.1) is 0 Å². The molecule has 0 unspecified atom stereocenters. The van der Waals surface area contributed by atoms with Crippen molar-refractivity contribution in [3.63, 3.8) is 0 Å². The Labute approximate surface area is 113 Å². The molecule has 1 aromatic carbocycles. The molecule has 0 amide bonds. The molecule has 1 aromatic heterocycles. The second-order valence-corrected chi connectivity index (χ2v) is 4.71. The van der Waals surface area contributed by atoms with Gasteiger partial charge >= 0.3 is 0 Å².